The molecule has 1 N–H and O–H groups in total. The summed E-state index contributed by atoms with van der Waals surface area (Å²) in [6.45, 7) is 2.01. The highest BCUT2D eigenvalue weighted by Crippen LogP contribution is 2.31. The van der Waals surface area contributed by atoms with E-state index >= 15 is 0 Å². The zero-order valence-electron chi connectivity index (χ0n) is 14.3. The molecule has 2 nitrogen and oxygen atoms in total. The van der Waals surface area contributed by atoms with E-state index in [1.165, 1.54) is 27.5 Å². The molecule has 0 saturated carbocycles. The number of methoxy groups -OCH3 is 1. The lowest BCUT2D eigenvalue weighted by molar-refractivity contribution is 0.160. The van der Waals surface area contributed by atoms with Crippen LogP contribution in [0.2, 0.25) is 0 Å². The second kappa shape index (κ2) is 7.50. The van der Waals surface area contributed by atoms with Crippen LogP contribution in [0.5, 0.6) is 5.75 Å². The number of benzene rings is 3. The van der Waals surface area contributed by atoms with Crippen molar-refractivity contribution in [2.75, 3.05) is 7.11 Å². The molecule has 0 bridgehead atoms. The summed E-state index contributed by atoms with van der Waals surface area (Å²) >= 11 is 0. The lowest BCUT2D eigenvalue weighted by Crippen LogP contribution is -2.06. The predicted molar refractivity (Wildman–Crippen MR) is 101 cm³/mol. The smallest absolute Gasteiger partial charge is 0.119 e. The minimum Gasteiger partial charge on any atom is -0.497 e. The molecule has 124 valence electrons. The summed E-state index contributed by atoms with van der Waals surface area (Å²) in [4.78, 5) is 0. The first-order valence-electron chi connectivity index (χ1n) is 8.55. The molecule has 0 radical (unpaired) electrons. The molecular weight excluding hydrogens is 296 g/mol. The van der Waals surface area contributed by atoms with Crippen molar-refractivity contribution >= 4 is 10.8 Å². The average molecular weight is 320 g/mol. The monoisotopic (exact) mass is 320 g/mol. The summed E-state index contributed by atoms with van der Waals surface area (Å²) in [6, 6.07) is 21.2. The third-order valence-electron chi connectivity index (χ3n) is 4.59. The van der Waals surface area contributed by atoms with E-state index in [9.17, 15) is 5.11 Å². The van der Waals surface area contributed by atoms with E-state index in [2.05, 4.69) is 54.6 Å². The lowest BCUT2D eigenvalue weighted by Gasteiger charge is -2.14. The molecule has 0 heterocycles. The highest BCUT2D eigenvalue weighted by atomic mass is 16.5. The Balaban J connectivity index is 2.00. The Morgan fingerprint density at radius 1 is 0.958 bits per heavy atom. The summed E-state index contributed by atoms with van der Waals surface area (Å²) in [7, 11) is 1.69. The first kappa shape index (κ1) is 16.5. The highest BCUT2D eigenvalue weighted by Gasteiger charge is 2.10. The third kappa shape index (κ3) is 3.60. The molecule has 1 unspecified atom stereocenters. The summed E-state index contributed by atoms with van der Waals surface area (Å²) in [5.41, 5.74) is 3.64. The standard InChI is InChI=1S/C22H24O2/c1-3-20(23)11-10-19-15-21(24-2)12-13-22(19)18-9-8-16-6-4-5-7-17(16)14-18/h4-9,12-15,20,23H,3,10-11H2,1-2H3. The number of aliphatic hydroxyl groups is 1. The van der Waals surface area contributed by atoms with Crippen LogP contribution in [0.3, 0.4) is 0 Å². The van der Waals surface area contributed by atoms with Crippen molar-refractivity contribution in [3.63, 3.8) is 0 Å². The predicted octanol–water partition coefficient (Wildman–Crippen LogP) is 5.22. The lowest BCUT2D eigenvalue weighted by atomic mass is 9.93. The Labute approximate surface area is 143 Å². The Hall–Kier alpha value is -2.32. The van der Waals surface area contributed by atoms with Gasteiger partial charge in [-0.05, 0) is 64.9 Å². The van der Waals surface area contributed by atoms with Gasteiger partial charge in [-0.1, -0.05) is 49.4 Å². The van der Waals surface area contributed by atoms with Gasteiger partial charge in [0.25, 0.3) is 0 Å². The van der Waals surface area contributed by atoms with Crippen molar-refractivity contribution in [3.05, 3.63) is 66.2 Å². The van der Waals surface area contributed by atoms with E-state index in [4.69, 9.17) is 4.74 Å². The molecule has 0 aliphatic carbocycles. The van der Waals surface area contributed by atoms with Gasteiger partial charge in [-0.2, -0.15) is 0 Å². The topological polar surface area (TPSA) is 29.5 Å². The van der Waals surface area contributed by atoms with Crippen molar-refractivity contribution < 1.29 is 9.84 Å². The SMILES string of the molecule is CCC(O)CCc1cc(OC)ccc1-c1ccc2ccccc2c1. The summed E-state index contributed by atoms with van der Waals surface area (Å²) in [5, 5.41) is 12.4. The molecule has 0 fully saturated rings. The minimum atomic E-state index is -0.249. The zero-order chi connectivity index (χ0) is 16.9. The first-order valence-corrected chi connectivity index (χ1v) is 8.55. The van der Waals surface area contributed by atoms with Gasteiger partial charge in [0.2, 0.25) is 0 Å². The fourth-order valence-electron chi connectivity index (χ4n) is 3.07. The van der Waals surface area contributed by atoms with Crippen LogP contribution in [0, 0.1) is 0 Å². The average Bonchev–Trinajstić information content (AvgIpc) is 2.65. The van der Waals surface area contributed by atoms with Gasteiger partial charge in [0, 0.05) is 0 Å². The fraction of sp³-hybridized carbons (Fsp3) is 0.273. The van der Waals surface area contributed by atoms with Crippen molar-refractivity contribution in [2.24, 2.45) is 0 Å². The molecule has 0 aliphatic heterocycles. The molecule has 24 heavy (non-hydrogen) atoms. The van der Waals surface area contributed by atoms with Crippen LogP contribution in [-0.2, 0) is 6.42 Å². The van der Waals surface area contributed by atoms with E-state index in [0.29, 0.717) is 0 Å². The molecule has 0 aromatic heterocycles. The fourth-order valence-corrected chi connectivity index (χ4v) is 3.07. The van der Waals surface area contributed by atoms with Crippen LogP contribution in [0.1, 0.15) is 25.3 Å². The number of hydrogen-bond acceptors (Lipinski definition) is 2. The van der Waals surface area contributed by atoms with Crippen molar-refractivity contribution in [3.8, 4) is 16.9 Å². The molecule has 0 amide bonds. The van der Waals surface area contributed by atoms with Crippen molar-refractivity contribution in [1.29, 1.82) is 0 Å². The maximum absolute atomic E-state index is 9.92. The Morgan fingerprint density at radius 2 is 1.75 bits per heavy atom. The van der Waals surface area contributed by atoms with E-state index in [1.807, 2.05) is 13.0 Å². The first-order chi connectivity index (χ1) is 11.7. The molecule has 3 aromatic rings. The van der Waals surface area contributed by atoms with Crippen LogP contribution in [0.25, 0.3) is 21.9 Å². The highest BCUT2D eigenvalue weighted by molar-refractivity contribution is 5.87. The largest absolute Gasteiger partial charge is 0.497 e. The van der Waals surface area contributed by atoms with Gasteiger partial charge in [0.05, 0.1) is 13.2 Å². The maximum atomic E-state index is 9.92. The van der Waals surface area contributed by atoms with Crippen molar-refractivity contribution in [2.45, 2.75) is 32.3 Å². The zero-order valence-corrected chi connectivity index (χ0v) is 14.3. The number of aliphatic hydroxyl groups excluding tert-OH is 1. The number of ether oxygens (including phenoxy) is 1. The summed E-state index contributed by atoms with van der Waals surface area (Å²) in [5.74, 6) is 0.862. The normalized spacial score (nSPS) is 12.3. The number of aryl methyl sites for hydroxylation is 1. The molecule has 3 rings (SSSR count). The van der Waals surface area contributed by atoms with Crippen LogP contribution in [0.4, 0.5) is 0 Å². The summed E-state index contributed by atoms with van der Waals surface area (Å²) < 4.78 is 5.39. The molecule has 0 spiro atoms. The Kier molecular flexibility index (Phi) is 5.17. The van der Waals surface area contributed by atoms with Gasteiger partial charge >= 0.3 is 0 Å². The van der Waals surface area contributed by atoms with Gasteiger partial charge in [-0.25, -0.2) is 0 Å². The second-order valence-corrected chi connectivity index (χ2v) is 6.19. The van der Waals surface area contributed by atoms with Crippen LogP contribution < -0.4 is 4.74 Å². The van der Waals surface area contributed by atoms with Gasteiger partial charge in [-0.3, -0.25) is 0 Å². The van der Waals surface area contributed by atoms with Crippen LogP contribution in [-0.4, -0.2) is 18.3 Å². The van der Waals surface area contributed by atoms with Crippen LogP contribution >= 0.6 is 0 Å². The maximum Gasteiger partial charge on any atom is 0.119 e. The van der Waals surface area contributed by atoms with Crippen LogP contribution in [0.15, 0.2) is 60.7 Å². The molecular formula is C22H24O2. The molecule has 1 atom stereocenters. The Bertz CT molecular complexity index is 823. The third-order valence-corrected chi connectivity index (χ3v) is 4.59. The van der Waals surface area contributed by atoms with Gasteiger partial charge < -0.3 is 9.84 Å². The molecule has 3 aromatic carbocycles. The van der Waals surface area contributed by atoms with E-state index in [-0.39, 0.29) is 6.10 Å². The second-order valence-electron chi connectivity index (χ2n) is 6.19. The quantitative estimate of drug-likeness (QED) is 0.675. The van der Waals surface area contributed by atoms with Gasteiger partial charge in [-0.15, -0.1) is 0 Å². The van der Waals surface area contributed by atoms with E-state index in [0.717, 1.165) is 25.0 Å². The van der Waals surface area contributed by atoms with Gasteiger partial charge in [0.1, 0.15) is 5.75 Å². The minimum absolute atomic E-state index is 0.249. The Morgan fingerprint density at radius 3 is 2.50 bits per heavy atom. The molecule has 0 saturated heterocycles. The summed E-state index contributed by atoms with van der Waals surface area (Å²) in [6.07, 6.45) is 2.15. The number of rotatable bonds is 6. The number of fused-ring (bicyclic) bond motifs is 1. The van der Waals surface area contributed by atoms with E-state index < -0.39 is 0 Å². The molecule has 0 aliphatic rings. The van der Waals surface area contributed by atoms with Crippen molar-refractivity contribution in [1.82, 2.24) is 0 Å². The van der Waals surface area contributed by atoms with Gasteiger partial charge in [0.15, 0.2) is 0 Å². The van der Waals surface area contributed by atoms with E-state index in [1.54, 1.807) is 7.11 Å². The number of hydrogen-bond donors (Lipinski definition) is 1. The molecule has 2 heteroatoms.